The van der Waals surface area contributed by atoms with Crippen molar-refractivity contribution in [1.82, 2.24) is 5.32 Å². The molecule has 1 aromatic rings. The van der Waals surface area contributed by atoms with Crippen molar-refractivity contribution in [2.24, 2.45) is 0 Å². The third-order valence-electron chi connectivity index (χ3n) is 3.47. The zero-order chi connectivity index (χ0) is 14.4. The van der Waals surface area contributed by atoms with E-state index in [4.69, 9.17) is 9.47 Å². The zero-order valence-corrected chi connectivity index (χ0v) is 12.1. The SMILES string of the molecule is COc1ccccc1NC(=O)CNCC1(C)CCCO1. The van der Waals surface area contributed by atoms with Crippen molar-refractivity contribution in [1.29, 1.82) is 0 Å². The third kappa shape index (κ3) is 3.95. The lowest BCUT2D eigenvalue weighted by molar-refractivity contribution is -0.115. The van der Waals surface area contributed by atoms with Crippen molar-refractivity contribution < 1.29 is 14.3 Å². The molecule has 2 N–H and O–H groups in total. The number of nitrogens with one attached hydrogen (secondary N) is 2. The Morgan fingerprint density at radius 1 is 1.45 bits per heavy atom. The standard InChI is InChI=1S/C15H22N2O3/c1-15(8-5-9-20-15)11-16-10-14(18)17-12-6-3-4-7-13(12)19-2/h3-4,6-7,16H,5,8-11H2,1-2H3,(H,17,18). The molecular formula is C15H22N2O3. The first-order valence-electron chi connectivity index (χ1n) is 6.90. The van der Waals surface area contributed by atoms with E-state index < -0.39 is 0 Å². The van der Waals surface area contributed by atoms with Crippen LogP contribution in [-0.4, -0.2) is 38.3 Å². The van der Waals surface area contributed by atoms with E-state index in [1.807, 2.05) is 24.3 Å². The van der Waals surface area contributed by atoms with Gasteiger partial charge in [0.1, 0.15) is 5.75 Å². The minimum Gasteiger partial charge on any atom is -0.495 e. The second-order valence-electron chi connectivity index (χ2n) is 5.25. The average molecular weight is 278 g/mol. The van der Waals surface area contributed by atoms with Crippen LogP contribution in [0.25, 0.3) is 0 Å². The number of ether oxygens (including phenoxy) is 2. The molecule has 110 valence electrons. The van der Waals surface area contributed by atoms with Crippen LogP contribution < -0.4 is 15.4 Å². The highest BCUT2D eigenvalue weighted by molar-refractivity contribution is 5.93. The van der Waals surface area contributed by atoms with E-state index in [1.54, 1.807) is 7.11 Å². The summed E-state index contributed by atoms with van der Waals surface area (Å²) in [4.78, 5) is 11.9. The fourth-order valence-electron chi connectivity index (χ4n) is 2.36. The average Bonchev–Trinajstić information content (AvgIpc) is 2.86. The molecule has 1 fully saturated rings. The van der Waals surface area contributed by atoms with Gasteiger partial charge < -0.3 is 20.1 Å². The number of hydrogen-bond donors (Lipinski definition) is 2. The zero-order valence-electron chi connectivity index (χ0n) is 12.1. The van der Waals surface area contributed by atoms with Gasteiger partial charge in [-0.3, -0.25) is 4.79 Å². The van der Waals surface area contributed by atoms with Gasteiger partial charge in [-0.2, -0.15) is 0 Å². The fourth-order valence-corrected chi connectivity index (χ4v) is 2.36. The molecule has 0 aliphatic carbocycles. The van der Waals surface area contributed by atoms with E-state index in [0.717, 1.165) is 19.4 Å². The molecule has 0 radical (unpaired) electrons. The van der Waals surface area contributed by atoms with Crippen molar-refractivity contribution in [3.8, 4) is 5.75 Å². The van der Waals surface area contributed by atoms with Crippen LogP contribution in [0.1, 0.15) is 19.8 Å². The highest BCUT2D eigenvalue weighted by Crippen LogP contribution is 2.24. The van der Waals surface area contributed by atoms with Crippen LogP contribution in [0.5, 0.6) is 5.75 Å². The number of methoxy groups -OCH3 is 1. The van der Waals surface area contributed by atoms with Crippen molar-refractivity contribution in [3.63, 3.8) is 0 Å². The van der Waals surface area contributed by atoms with Crippen molar-refractivity contribution in [3.05, 3.63) is 24.3 Å². The van der Waals surface area contributed by atoms with Crippen LogP contribution in [0.4, 0.5) is 5.69 Å². The molecule has 1 saturated heterocycles. The summed E-state index contributed by atoms with van der Waals surface area (Å²) in [6.07, 6.45) is 2.12. The first kappa shape index (κ1) is 14.8. The Hall–Kier alpha value is -1.59. The molecule has 0 bridgehead atoms. The van der Waals surface area contributed by atoms with Gasteiger partial charge in [-0.05, 0) is 31.9 Å². The molecule has 1 unspecified atom stereocenters. The van der Waals surface area contributed by atoms with Gasteiger partial charge in [-0.1, -0.05) is 12.1 Å². The largest absolute Gasteiger partial charge is 0.495 e. The summed E-state index contributed by atoms with van der Waals surface area (Å²) in [6.45, 7) is 3.83. The number of hydrogen-bond acceptors (Lipinski definition) is 4. The van der Waals surface area contributed by atoms with Gasteiger partial charge in [0, 0.05) is 13.2 Å². The molecule has 1 aliphatic heterocycles. The third-order valence-corrected chi connectivity index (χ3v) is 3.47. The van der Waals surface area contributed by atoms with Gasteiger partial charge in [-0.15, -0.1) is 0 Å². The highest BCUT2D eigenvalue weighted by Gasteiger charge is 2.29. The summed E-state index contributed by atoms with van der Waals surface area (Å²) < 4.78 is 10.9. The van der Waals surface area contributed by atoms with Gasteiger partial charge in [0.25, 0.3) is 0 Å². The Kier molecular flexibility index (Phi) is 4.98. The quantitative estimate of drug-likeness (QED) is 0.833. The smallest absolute Gasteiger partial charge is 0.238 e. The Morgan fingerprint density at radius 2 is 2.25 bits per heavy atom. The van der Waals surface area contributed by atoms with Crippen molar-refractivity contribution in [2.75, 3.05) is 32.1 Å². The maximum atomic E-state index is 11.9. The topological polar surface area (TPSA) is 59.6 Å². The predicted octanol–water partition coefficient (Wildman–Crippen LogP) is 1.79. The maximum absolute atomic E-state index is 11.9. The molecule has 1 aromatic carbocycles. The molecule has 5 heteroatoms. The molecule has 20 heavy (non-hydrogen) atoms. The predicted molar refractivity (Wildman–Crippen MR) is 78.1 cm³/mol. The summed E-state index contributed by atoms with van der Waals surface area (Å²) in [5.74, 6) is 0.572. The Morgan fingerprint density at radius 3 is 2.95 bits per heavy atom. The Balaban J connectivity index is 1.78. The van der Waals surface area contributed by atoms with Gasteiger partial charge in [0.05, 0.1) is 24.9 Å². The number of amides is 1. The van der Waals surface area contributed by atoms with Crippen LogP contribution in [0, 0.1) is 0 Å². The molecule has 5 nitrogen and oxygen atoms in total. The van der Waals surface area contributed by atoms with Crippen LogP contribution in [0.3, 0.4) is 0 Å². The lowest BCUT2D eigenvalue weighted by atomic mass is 10.0. The normalized spacial score (nSPS) is 21.7. The van der Waals surface area contributed by atoms with Gasteiger partial charge in [-0.25, -0.2) is 0 Å². The molecule has 1 atom stereocenters. The van der Waals surface area contributed by atoms with E-state index >= 15 is 0 Å². The van der Waals surface area contributed by atoms with Crippen molar-refractivity contribution >= 4 is 11.6 Å². The summed E-state index contributed by atoms with van der Waals surface area (Å²) in [5.41, 5.74) is 0.551. The Bertz CT molecular complexity index is 456. The number of benzene rings is 1. The molecule has 0 spiro atoms. The van der Waals surface area contributed by atoms with Crippen LogP contribution in [0.2, 0.25) is 0 Å². The van der Waals surface area contributed by atoms with Crippen molar-refractivity contribution in [2.45, 2.75) is 25.4 Å². The molecular weight excluding hydrogens is 256 g/mol. The number of carbonyl (C=O) groups is 1. The lowest BCUT2D eigenvalue weighted by Crippen LogP contribution is -2.40. The molecule has 1 heterocycles. The maximum Gasteiger partial charge on any atom is 0.238 e. The van der Waals surface area contributed by atoms with Gasteiger partial charge >= 0.3 is 0 Å². The number of carbonyl (C=O) groups excluding carboxylic acids is 1. The summed E-state index contributed by atoms with van der Waals surface area (Å²) >= 11 is 0. The number of para-hydroxylation sites is 2. The number of anilines is 1. The number of rotatable bonds is 6. The van der Waals surface area contributed by atoms with E-state index in [9.17, 15) is 4.79 Å². The minimum atomic E-state index is -0.134. The second-order valence-corrected chi connectivity index (χ2v) is 5.25. The molecule has 1 amide bonds. The minimum absolute atomic E-state index is 0.0869. The highest BCUT2D eigenvalue weighted by atomic mass is 16.5. The molecule has 1 aliphatic rings. The van der Waals surface area contributed by atoms with Crippen LogP contribution in [-0.2, 0) is 9.53 Å². The first-order chi connectivity index (χ1) is 9.63. The van der Waals surface area contributed by atoms with E-state index in [-0.39, 0.29) is 18.1 Å². The fraction of sp³-hybridized carbons (Fsp3) is 0.533. The molecule has 0 saturated carbocycles. The van der Waals surface area contributed by atoms with E-state index in [0.29, 0.717) is 18.0 Å². The molecule has 0 aromatic heterocycles. The van der Waals surface area contributed by atoms with Gasteiger partial charge in [0.2, 0.25) is 5.91 Å². The Labute approximate surface area is 119 Å². The summed E-state index contributed by atoms with van der Waals surface area (Å²) in [7, 11) is 1.58. The monoisotopic (exact) mass is 278 g/mol. The summed E-state index contributed by atoms with van der Waals surface area (Å²) in [6, 6.07) is 7.36. The van der Waals surface area contributed by atoms with Crippen LogP contribution in [0.15, 0.2) is 24.3 Å². The van der Waals surface area contributed by atoms with Crippen LogP contribution >= 0.6 is 0 Å². The summed E-state index contributed by atoms with van der Waals surface area (Å²) in [5, 5.41) is 5.98. The first-order valence-corrected chi connectivity index (χ1v) is 6.90. The lowest BCUT2D eigenvalue weighted by Gasteiger charge is -2.23. The molecule has 2 rings (SSSR count). The van der Waals surface area contributed by atoms with Gasteiger partial charge in [0.15, 0.2) is 0 Å². The van der Waals surface area contributed by atoms with E-state index in [2.05, 4.69) is 17.6 Å². The second kappa shape index (κ2) is 6.72. The van der Waals surface area contributed by atoms with E-state index in [1.165, 1.54) is 0 Å².